The molecule has 1 atom stereocenters. The number of unbranched alkanes of at least 4 members (excludes halogenated alkanes) is 4. The van der Waals surface area contributed by atoms with Crippen molar-refractivity contribution < 1.29 is 23.9 Å². The lowest BCUT2D eigenvalue weighted by molar-refractivity contribution is -0.138. The zero-order valence-electron chi connectivity index (χ0n) is 25.1. The number of ether oxygens (including phenoxy) is 2. The van der Waals surface area contributed by atoms with Gasteiger partial charge in [0.25, 0.3) is 11.5 Å². The number of amides is 1. The molecule has 3 heterocycles. The molecule has 3 aromatic rings. The molecule has 0 spiro atoms. The summed E-state index contributed by atoms with van der Waals surface area (Å²) in [5.74, 6) is -0.978. The van der Waals surface area contributed by atoms with Crippen LogP contribution in [-0.4, -0.2) is 35.6 Å². The predicted molar refractivity (Wildman–Crippen MR) is 169 cm³/mol. The molecule has 44 heavy (non-hydrogen) atoms. The summed E-state index contributed by atoms with van der Waals surface area (Å²) >= 11 is 1.14. The minimum absolute atomic E-state index is 0.0120. The zero-order chi connectivity index (χ0) is 31.4. The average molecular weight is 614 g/mol. The molecule has 1 aromatic heterocycles. The minimum atomic E-state index is -0.884. The Labute approximate surface area is 259 Å². The molecule has 228 valence electrons. The third-order valence-corrected chi connectivity index (χ3v) is 8.70. The van der Waals surface area contributed by atoms with Gasteiger partial charge in [0.05, 0.1) is 28.6 Å². The van der Waals surface area contributed by atoms with Crippen molar-refractivity contribution in [3.8, 4) is 5.75 Å². The van der Waals surface area contributed by atoms with Gasteiger partial charge >= 0.3 is 11.9 Å². The molecule has 1 amide bonds. The number of nitrogens with zero attached hydrogens (tertiary/aromatic N) is 3. The maximum atomic E-state index is 14.3. The number of aromatic nitrogens is 1. The van der Waals surface area contributed by atoms with Crippen LogP contribution in [-0.2, 0) is 19.1 Å². The van der Waals surface area contributed by atoms with Crippen LogP contribution in [0, 0.1) is 0 Å². The summed E-state index contributed by atoms with van der Waals surface area (Å²) in [5, 5.41) is 0. The van der Waals surface area contributed by atoms with E-state index in [9.17, 15) is 19.2 Å². The number of fused-ring (bicyclic) bond motifs is 2. The van der Waals surface area contributed by atoms with Crippen LogP contribution >= 0.6 is 11.3 Å². The number of carbonyl (C=O) groups is 3. The summed E-state index contributed by atoms with van der Waals surface area (Å²) < 4.78 is 12.3. The molecule has 0 bridgehead atoms. The van der Waals surface area contributed by atoms with E-state index in [1.165, 1.54) is 17.6 Å². The maximum Gasteiger partial charge on any atom is 0.338 e. The molecule has 0 saturated carbocycles. The summed E-state index contributed by atoms with van der Waals surface area (Å²) in [4.78, 5) is 59.9. The Bertz CT molecular complexity index is 1830. The second-order valence-electron chi connectivity index (χ2n) is 10.7. The first-order valence-corrected chi connectivity index (χ1v) is 15.6. The van der Waals surface area contributed by atoms with E-state index in [4.69, 9.17) is 9.47 Å². The van der Waals surface area contributed by atoms with Crippen molar-refractivity contribution in [1.82, 2.24) is 4.57 Å². The van der Waals surface area contributed by atoms with E-state index in [0.717, 1.165) is 49.1 Å². The van der Waals surface area contributed by atoms with Crippen molar-refractivity contribution in [2.24, 2.45) is 4.99 Å². The van der Waals surface area contributed by atoms with E-state index < -0.39 is 23.5 Å². The molecule has 0 aliphatic carbocycles. The third-order valence-electron chi connectivity index (χ3n) is 7.64. The zero-order valence-corrected chi connectivity index (χ0v) is 25.9. The number of rotatable bonds is 11. The van der Waals surface area contributed by atoms with Crippen LogP contribution in [0.1, 0.15) is 70.0 Å². The third kappa shape index (κ3) is 5.94. The topological polar surface area (TPSA) is 107 Å². The smallest absolute Gasteiger partial charge is 0.338 e. The number of benzene rings is 2. The molecule has 5 rings (SSSR count). The summed E-state index contributed by atoms with van der Waals surface area (Å²) in [6.45, 7) is 9.34. The van der Waals surface area contributed by atoms with Crippen LogP contribution < -0.4 is 24.5 Å². The first kappa shape index (κ1) is 30.9. The Kier molecular flexibility index (Phi) is 9.39. The lowest BCUT2D eigenvalue weighted by Crippen LogP contribution is -2.41. The highest BCUT2D eigenvalue weighted by Crippen LogP contribution is 2.36. The van der Waals surface area contributed by atoms with Gasteiger partial charge in [-0.05, 0) is 37.1 Å². The van der Waals surface area contributed by atoms with Gasteiger partial charge < -0.3 is 14.4 Å². The minimum Gasteiger partial charge on any atom is -0.458 e. The van der Waals surface area contributed by atoms with Crippen LogP contribution in [0.3, 0.4) is 0 Å². The Morgan fingerprint density at radius 1 is 1.05 bits per heavy atom. The highest BCUT2D eigenvalue weighted by Gasteiger charge is 2.37. The Morgan fingerprint density at radius 3 is 2.48 bits per heavy atom. The number of thiazole rings is 1. The summed E-state index contributed by atoms with van der Waals surface area (Å²) in [6, 6.07) is 13.2. The van der Waals surface area contributed by atoms with Crippen LogP contribution in [0.5, 0.6) is 5.75 Å². The average Bonchev–Trinajstić information content (AvgIpc) is 3.47. The van der Waals surface area contributed by atoms with Crippen LogP contribution in [0.4, 0.5) is 5.69 Å². The molecule has 0 fully saturated rings. The second-order valence-corrected chi connectivity index (χ2v) is 11.7. The van der Waals surface area contributed by atoms with Gasteiger partial charge in [0.15, 0.2) is 4.80 Å². The van der Waals surface area contributed by atoms with Crippen LogP contribution in [0.25, 0.3) is 5.57 Å². The van der Waals surface area contributed by atoms with Gasteiger partial charge in [-0.25, -0.2) is 9.79 Å². The molecule has 10 heteroatoms. The van der Waals surface area contributed by atoms with Crippen molar-refractivity contribution in [2.45, 2.75) is 58.9 Å². The molecule has 2 aliphatic heterocycles. The van der Waals surface area contributed by atoms with Gasteiger partial charge in [-0.3, -0.25) is 19.0 Å². The fourth-order valence-corrected chi connectivity index (χ4v) is 6.78. The SMILES string of the molecule is C=CCOC(=O)C1=C(C)N=c2s/c(=C3\C(=O)N(CCCCCCC)c4ccccc43)c(=O)n2[C@H]1c1ccc(OC(C)=O)cc1. The standard InChI is InChI=1S/C34H35N3O6S/c1-5-7-8-9-12-19-36-26-14-11-10-13-25(26)28(31(36)39)30-32(40)37-29(23-15-17-24(18-16-23)43-22(4)38)27(33(41)42-20-6-2)21(3)35-34(37)44-30/h6,10-11,13-18,29H,2,5,7-9,12,19-20H2,1,3-4H3/b30-28-/t29-/m0/s1. The summed E-state index contributed by atoms with van der Waals surface area (Å²) in [5.41, 5.74) is 2.60. The maximum absolute atomic E-state index is 14.3. The van der Waals surface area contributed by atoms with Gasteiger partial charge in [0, 0.05) is 19.0 Å². The van der Waals surface area contributed by atoms with E-state index >= 15 is 0 Å². The molecule has 9 nitrogen and oxygen atoms in total. The molecule has 0 unspecified atom stereocenters. The second kappa shape index (κ2) is 13.4. The first-order valence-electron chi connectivity index (χ1n) is 14.8. The van der Waals surface area contributed by atoms with E-state index in [0.29, 0.717) is 39.5 Å². The molecule has 2 aromatic carbocycles. The lowest BCUT2D eigenvalue weighted by Gasteiger charge is -2.24. The van der Waals surface area contributed by atoms with Gasteiger partial charge in [0.2, 0.25) is 0 Å². The van der Waals surface area contributed by atoms with E-state index in [-0.39, 0.29) is 22.6 Å². The van der Waals surface area contributed by atoms with Gasteiger partial charge in [-0.1, -0.05) is 86.9 Å². The Morgan fingerprint density at radius 2 is 1.77 bits per heavy atom. The van der Waals surface area contributed by atoms with Gasteiger partial charge in [0.1, 0.15) is 16.9 Å². The Balaban J connectivity index is 1.65. The molecule has 0 radical (unpaired) electrons. The summed E-state index contributed by atoms with van der Waals surface area (Å²) in [7, 11) is 0. The number of para-hydroxylation sites is 1. The monoisotopic (exact) mass is 613 g/mol. The van der Waals surface area contributed by atoms with Crippen LogP contribution in [0.15, 0.2) is 82.2 Å². The highest BCUT2D eigenvalue weighted by molar-refractivity contribution is 7.07. The quantitative estimate of drug-likeness (QED) is 0.136. The molecule has 2 aliphatic rings. The Hall–Kier alpha value is -4.57. The fraction of sp³-hybridized carbons (Fsp3) is 0.324. The van der Waals surface area contributed by atoms with Crippen molar-refractivity contribution in [3.05, 3.63) is 103 Å². The highest BCUT2D eigenvalue weighted by atomic mass is 32.1. The number of anilines is 1. The normalized spacial score (nSPS) is 16.8. The van der Waals surface area contributed by atoms with Crippen molar-refractivity contribution in [3.63, 3.8) is 0 Å². The lowest BCUT2D eigenvalue weighted by atomic mass is 9.96. The van der Waals surface area contributed by atoms with E-state index in [1.807, 2.05) is 24.3 Å². The number of hydrogen-bond donors (Lipinski definition) is 0. The molecule has 0 saturated heterocycles. The van der Waals surface area contributed by atoms with E-state index in [1.54, 1.807) is 36.1 Å². The van der Waals surface area contributed by atoms with Crippen molar-refractivity contribution >= 4 is 40.4 Å². The van der Waals surface area contributed by atoms with Gasteiger partial charge in [-0.15, -0.1) is 0 Å². The van der Waals surface area contributed by atoms with Crippen LogP contribution in [0.2, 0.25) is 0 Å². The summed E-state index contributed by atoms with van der Waals surface area (Å²) in [6.07, 6.45) is 6.77. The number of hydrogen-bond acceptors (Lipinski definition) is 8. The largest absolute Gasteiger partial charge is 0.458 e. The predicted octanol–water partition coefficient (Wildman–Crippen LogP) is 4.58. The van der Waals surface area contributed by atoms with Crippen molar-refractivity contribution in [1.29, 1.82) is 0 Å². The number of carbonyl (C=O) groups excluding carboxylic acids is 3. The molecule has 0 N–H and O–H groups in total. The fourth-order valence-electron chi connectivity index (χ4n) is 5.64. The molecular formula is C34H35N3O6S. The number of esters is 2. The number of allylic oxidation sites excluding steroid dienone is 1. The first-order chi connectivity index (χ1) is 21.3. The molecular weight excluding hydrogens is 578 g/mol. The van der Waals surface area contributed by atoms with E-state index in [2.05, 4.69) is 18.5 Å². The van der Waals surface area contributed by atoms with Crippen molar-refractivity contribution in [2.75, 3.05) is 18.1 Å². The van der Waals surface area contributed by atoms with Gasteiger partial charge in [-0.2, -0.15) is 0 Å².